The van der Waals surface area contributed by atoms with E-state index in [-0.39, 0.29) is 36.8 Å². The fraction of sp³-hybridized carbons (Fsp3) is 0.433. The van der Waals surface area contributed by atoms with Gasteiger partial charge in [-0.15, -0.1) is 21.5 Å². The average molecular weight is 593 g/mol. The molecule has 1 N–H and O–H groups in total. The molecule has 12 heteroatoms. The number of thiophene rings is 1. The van der Waals surface area contributed by atoms with Gasteiger partial charge in [0.1, 0.15) is 18.3 Å². The van der Waals surface area contributed by atoms with Crippen LogP contribution in [0.2, 0.25) is 0 Å². The van der Waals surface area contributed by atoms with E-state index >= 15 is 0 Å². The fourth-order valence-corrected chi connectivity index (χ4v) is 6.09. The van der Waals surface area contributed by atoms with Crippen LogP contribution in [-0.2, 0) is 22.6 Å². The Labute approximate surface area is 248 Å². The number of carbonyl (C=O) groups excluding carboxylic acids is 2. The number of furan rings is 1. The number of benzene rings is 1. The number of amides is 2. The SMILES string of the molecule is COc1ccc(CCN(C(=O)Cn2nnc(-c3ccc(C)o3)n2)[C@H](C(=O)NC2CCCCC2)c2cccs2)cc1OC. The predicted octanol–water partition coefficient (Wildman–Crippen LogP) is 4.58. The van der Waals surface area contributed by atoms with Crippen molar-refractivity contribution in [1.29, 1.82) is 0 Å². The minimum atomic E-state index is -0.796. The second-order valence-corrected chi connectivity index (χ2v) is 11.3. The van der Waals surface area contributed by atoms with Gasteiger partial charge in [-0.2, -0.15) is 4.80 Å². The van der Waals surface area contributed by atoms with Gasteiger partial charge in [-0.1, -0.05) is 31.4 Å². The third-order valence-corrected chi connectivity index (χ3v) is 8.35. The summed E-state index contributed by atoms with van der Waals surface area (Å²) in [5.74, 6) is 2.23. The Bertz CT molecular complexity index is 1480. The van der Waals surface area contributed by atoms with Gasteiger partial charge in [-0.25, -0.2) is 0 Å². The van der Waals surface area contributed by atoms with E-state index in [2.05, 4.69) is 20.7 Å². The van der Waals surface area contributed by atoms with Crippen LogP contribution in [0, 0.1) is 6.92 Å². The van der Waals surface area contributed by atoms with E-state index in [0.717, 1.165) is 41.9 Å². The lowest BCUT2D eigenvalue weighted by atomic mass is 9.95. The van der Waals surface area contributed by atoms with Crippen molar-refractivity contribution in [3.8, 4) is 23.1 Å². The van der Waals surface area contributed by atoms with E-state index in [9.17, 15) is 9.59 Å². The summed E-state index contributed by atoms with van der Waals surface area (Å²) < 4.78 is 16.5. The molecule has 1 aliphatic carbocycles. The highest BCUT2D eigenvalue weighted by molar-refractivity contribution is 7.10. The van der Waals surface area contributed by atoms with Crippen LogP contribution in [0.15, 0.2) is 52.3 Å². The number of carbonyl (C=O) groups is 2. The topological polar surface area (TPSA) is 125 Å². The second-order valence-electron chi connectivity index (χ2n) is 10.3. The van der Waals surface area contributed by atoms with Crippen molar-refractivity contribution in [2.24, 2.45) is 0 Å². The van der Waals surface area contributed by atoms with Gasteiger partial charge in [0, 0.05) is 17.5 Å². The molecule has 5 rings (SSSR count). The number of nitrogens with one attached hydrogen (secondary N) is 1. The lowest BCUT2D eigenvalue weighted by molar-refractivity contribution is -0.142. The minimum Gasteiger partial charge on any atom is -0.493 e. The van der Waals surface area contributed by atoms with Gasteiger partial charge in [-0.3, -0.25) is 9.59 Å². The number of methoxy groups -OCH3 is 2. The van der Waals surface area contributed by atoms with Crippen LogP contribution in [0.3, 0.4) is 0 Å². The average Bonchev–Trinajstić information content (AvgIpc) is 3.78. The third-order valence-electron chi connectivity index (χ3n) is 7.42. The Kier molecular flexibility index (Phi) is 9.52. The van der Waals surface area contributed by atoms with Crippen LogP contribution in [0.1, 0.15) is 54.3 Å². The van der Waals surface area contributed by atoms with Gasteiger partial charge in [0.15, 0.2) is 17.3 Å². The Balaban J connectivity index is 1.42. The molecule has 0 bridgehead atoms. The minimum absolute atomic E-state index is 0.104. The van der Waals surface area contributed by atoms with Crippen LogP contribution in [0.25, 0.3) is 11.6 Å². The molecular weight excluding hydrogens is 556 g/mol. The number of hydrogen-bond acceptors (Lipinski definition) is 9. The van der Waals surface area contributed by atoms with Crippen molar-refractivity contribution in [3.05, 3.63) is 64.0 Å². The summed E-state index contributed by atoms with van der Waals surface area (Å²) in [7, 11) is 3.18. The third kappa shape index (κ3) is 6.99. The number of hydrogen-bond donors (Lipinski definition) is 1. The molecule has 42 heavy (non-hydrogen) atoms. The molecule has 1 fully saturated rings. The molecular formula is C30H36N6O5S. The van der Waals surface area contributed by atoms with Crippen LogP contribution < -0.4 is 14.8 Å². The molecule has 0 saturated heterocycles. The van der Waals surface area contributed by atoms with E-state index in [4.69, 9.17) is 13.9 Å². The maximum absolute atomic E-state index is 14.0. The summed E-state index contributed by atoms with van der Waals surface area (Å²) >= 11 is 1.46. The predicted molar refractivity (Wildman–Crippen MR) is 157 cm³/mol. The highest BCUT2D eigenvalue weighted by Crippen LogP contribution is 2.30. The first-order chi connectivity index (χ1) is 20.4. The zero-order valence-corrected chi connectivity index (χ0v) is 24.9. The molecule has 1 atom stereocenters. The summed E-state index contributed by atoms with van der Waals surface area (Å²) in [6.45, 7) is 1.93. The van der Waals surface area contributed by atoms with E-state index < -0.39 is 6.04 Å². The molecule has 0 aliphatic heterocycles. The first kappa shape index (κ1) is 29.3. The Morgan fingerprint density at radius 3 is 2.62 bits per heavy atom. The van der Waals surface area contributed by atoms with Gasteiger partial charge in [0.25, 0.3) is 0 Å². The Morgan fingerprint density at radius 1 is 1.12 bits per heavy atom. The summed E-state index contributed by atoms with van der Waals surface area (Å²) in [5.41, 5.74) is 0.942. The van der Waals surface area contributed by atoms with Crippen molar-refractivity contribution in [1.82, 2.24) is 30.4 Å². The van der Waals surface area contributed by atoms with Crippen molar-refractivity contribution in [2.45, 2.75) is 64.1 Å². The fourth-order valence-electron chi connectivity index (χ4n) is 5.26. The first-order valence-corrected chi connectivity index (χ1v) is 15.0. The molecule has 222 valence electrons. The number of aryl methyl sites for hydroxylation is 1. The summed E-state index contributed by atoms with van der Waals surface area (Å²) in [4.78, 5) is 31.6. The number of aromatic nitrogens is 4. The van der Waals surface area contributed by atoms with Crippen LogP contribution in [-0.4, -0.2) is 63.7 Å². The maximum Gasteiger partial charge on any atom is 0.248 e. The van der Waals surface area contributed by atoms with Crippen molar-refractivity contribution >= 4 is 23.2 Å². The zero-order valence-electron chi connectivity index (χ0n) is 24.1. The normalized spacial score (nSPS) is 14.4. The highest BCUT2D eigenvalue weighted by atomic mass is 32.1. The van der Waals surface area contributed by atoms with E-state index in [1.807, 2.05) is 48.7 Å². The van der Waals surface area contributed by atoms with Crippen LogP contribution >= 0.6 is 11.3 Å². The molecule has 11 nitrogen and oxygen atoms in total. The standard InChI is InChI=1S/C30H36N6O5S/c1-20-11-13-24(41-20)29-32-34-36(33-29)19-27(37)35(16-15-21-12-14-23(39-2)25(18-21)40-3)28(26-10-7-17-42-26)30(38)31-22-8-5-4-6-9-22/h7,10-14,17-18,22,28H,4-6,8-9,15-16,19H2,1-3H3,(H,31,38)/t28-/m0/s1. The first-order valence-electron chi connectivity index (χ1n) is 14.1. The van der Waals surface area contributed by atoms with Crippen molar-refractivity contribution in [2.75, 3.05) is 20.8 Å². The molecule has 3 heterocycles. The molecule has 1 aliphatic rings. The van der Waals surface area contributed by atoms with E-state index in [1.54, 1.807) is 25.2 Å². The van der Waals surface area contributed by atoms with E-state index in [1.165, 1.54) is 22.6 Å². The van der Waals surface area contributed by atoms with Gasteiger partial charge < -0.3 is 24.1 Å². The summed E-state index contributed by atoms with van der Waals surface area (Å²) in [6, 6.07) is 12.3. The monoisotopic (exact) mass is 592 g/mol. The van der Waals surface area contributed by atoms with Gasteiger partial charge in [0.05, 0.1) is 14.2 Å². The maximum atomic E-state index is 14.0. The van der Waals surface area contributed by atoms with Crippen LogP contribution in [0.4, 0.5) is 0 Å². The molecule has 3 aromatic heterocycles. The smallest absolute Gasteiger partial charge is 0.248 e. The Hall–Kier alpha value is -4.19. The van der Waals surface area contributed by atoms with Crippen molar-refractivity contribution < 1.29 is 23.5 Å². The second kappa shape index (κ2) is 13.6. The summed E-state index contributed by atoms with van der Waals surface area (Å²) in [6.07, 6.45) is 5.74. The van der Waals surface area contributed by atoms with E-state index in [0.29, 0.717) is 23.7 Å². The summed E-state index contributed by atoms with van der Waals surface area (Å²) in [5, 5.41) is 17.7. The number of ether oxygens (including phenoxy) is 2. The molecule has 2 amide bonds. The van der Waals surface area contributed by atoms with Gasteiger partial charge >= 0.3 is 0 Å². The number of tetrazole rings is 1. The number of nitrogens with zero attached hydrogens (tertiary/aromatic N) is 5. The van der Waals surface area contributed by atoms with Gasteiger partial charge in [-0.05, 0) is 72.7 Å². The highest BCUT2D eigenvalue weighted by Gasteiger charge is 2.34. The quantitative estimate of drug-likeness (QED) is 0.254. The van der Waals surface area contributed by atoms with Gasteiger partial charge in [0.2, 0.25) is 17.6 Å². The lowest BCUT2D eigenvalue weighted by Gasteiger charge is -2.32. The molecule has 0 radical (unpaired) electrons. The molecule has 1 aromatic carbocycles. The molecule has 0 unspecified atom stereocenters. The Morgan fingerprint density at radius 2 is 1.93 bits per heavy atom. The molecule has 1 saturated carbocycles. The largest absolute Gasteiger partial charge is 0.493 e. The zero-order chi connectivity index (χ0) is 29.5. The molecule has 4 aromatic rings. The number of rotatable bonds is 12. The van der Waals surface area contributed by atoms with Crippen molar-refractivity contribution in [3.63, 3.8) is 0 Å². The molecule has 0 spiro atoms. The lowest BCUT2D eigenvalue weighted by Crippen LogP contribution is -2.48. The van der Waals surface area contributed by atoms with Crippen LogP contribution in [0.5, 0.6) is 11.5 Å².